The van der Waals surface area contributed by atoms with Gasteiger partial charge in [0.05, 0.1) is 31.0 Å². The highest BCUT2D eigenvalue weighted by molar-refractivity contribution is 9.09. The standard InChI is InChI=1S/C21H21BrN2O3/c1-26-19-10-17-18(11-20(19)27-8-4-7-22)23-12-16-9-14-5-2-3-6-15(14)13-24(16)21(17)25/h2-3,5-6,10-12,16H,4,7-9,13H2,1H3/t16-/m0/s1. The lowest BCUT2D eigenvalue weighted by Crippen LogP contribution is -2.44. The third-order valence-electron chi connectivity index (χ3n) is 4.98. The molecule has 4 rings (SSSR count). The van der Waals surface area contributed by atoms with Crippen molar-refractivity contribution in [2.75, 3.05) is 19.0 Å². The number of halogens is 1. The fourth-order valence-electron chi connectivity index (χ4n) is 3.56. The van der Waals surface area contributed by atoms with Crippen LogP contribution in [0.1, 0.15) is 27.9 Å². The Morgan fingerprint density at radius 3 is 2.81 bits per heavy atom. The fourth-order valence-corrected chi connectivity index (χ4v) is 3.79. The van der Waals surface area contributed by atoms with Gasteiger partial charge in [-0.15, -0.1) is 0 Å². The van der Waals surface area contributed by atoms with E-state index in [1.165, 1.54) is 11.1 Å². The Bertz CT molecular complexity index is 897. The van der Waals surface area contributed by atoms with Crippen molar-refractivity contribution in [3.8, 4) is 11.5 Å². The minimum atomic E-state index is -0.0384. The molecule has 6 heteroatoms. The number of hydrogen-bond acceptors (Lipinski definition) is 4. The van der Waals surface area contributed by atoms with E-state index >= 15 is 0 Å². The number of nitrogens with zero attached hydrogens (tertiary/aromatic N) is 2. The molecule has 0 aliphatic carbocycles. The van der Waals surface area contributed by atoms with Crippen LogP contribution < -0.4 is 9.47 Å². The van der Waals surface area contributed by atoms with Crippen LogP contribution >= 0.6 is 15.9 Å². The molecule has 1 amide bonds. The van der Waals surface area contributed by atoms with Crippen LogP contribution in [0, 0.1) is 0 Å². The molecule has 0 bridgehead atoms. The maximum Gasteiger partial charge on any atom is 0.257 e. The number of hydrogen-bond donors (Lipinski definition) is 0. The molecule has 5 nitrogen and oxygen atoms in total. The first-order valence-corrected chi connectivity index (χ1v) is 10.2. The van der Waals surface area contributed by atoms with Gasteiger partial charge in [-0.05, 0) is 30.0 Å². The Morgan fingerprint density at radius 2 is 2.04 bits per heavy atom. The molecular formula is C21H21BrN2O3. The molecule has 0 N–H and O–H groups in total. The van der Waals surface area contributed by atoms with Crippen molar-refractivity contribution in [3.05, 3.63) is 53.1 Å². The molecule has 1 atom stereocenters. The van der Waals surface area contributed by atoms with Crippen LogP contribution in [0.5, 0.6) is 11.5 Å². The first-order chi connectivity index (χ1) is 13.2. The monoisotopic (exact) mass is 428 g/mol. The summed E-state index contributed by atoms with van der Waals surface area (Å²) in [5.41, 5.74) is 3.66. The van der Waals surface area contributed by atoms with Crippen LogP contribution in [0.15, 0.2) is 41.4 Å². The number of fused-ring (bicyclic) bond motifs is 3. The lowest BCUT2D eigenvalue weighted by molar-refractivity contribution is 0.0703. The predicted octanol–water partition coefficient (Wildman–Crippen LogP) is 4.14. The van der Waals surface area contributed by atoms with Crippen LogP contribution in [-0.4, -0.2) is 42.1 Å². The van der Waals surface area contributed by atoms with Crippen LogP contribution in [0.4, 0.5) is 5.69 Å². The molecular weight excluding hydrogens is 408 g/mol. The number of benzene rings is 2. The van der Waals surface area contributed by atoms with Crippen molar-refractivity contribution in [3.63, 3.8) is 0 Å². The topological polar surface area (TPSA) is 51.1 Å². The number of rotatable bonds is 5. The predicted molar refractivity (Wildman–Crippen MR) is 109 cm³/mol. The third-order valence-corrected chi connectivity index (χ3v) is 5.54. The number of aliphatic imine (C=N–C) groups is 1. The Hall–Kier alpha value is -2.34. The van der Waals surface area contributed by atoms with Gasteiger partial charge < -0.3 is 14.4 Å². The summed E-state index contributed by atoms with van der Waals surface area (Å²) in [5.74, 6) is 1.15. The summed E-state index contributed by atoms with van der Waals surface area (Å²) in [4.78, 5) is 19.8. The van der Waals surface area contributed by atoms with E-state index < -0.39 is 0 Å². The number of alkyl halides is 1. The molecule has 0 saturated carbocycles. The summed E-state index contributed by atoms with van der Waals surface area (Å²) in [5, 5.41) is 0.869. The smallest absolute Gasteiger partial charge is 0.257 e. The molecule has 2 heterocycles. The average Bonchev–Trinajstić information content (AvgIpc) is 2.83. The molecule has 0 radical (unpaired) electrons. The highest BCUT2D eigenvalue weighted by atomic mass is 79.9. The number of ether oxygens (including phenoxy) is 2. The highest BCUT2D eigenvalue weighted by Gasteiger charge is 2.33. The minimum absolute atomic E-state index is 0.0210. The number of methoxy groups -OCH3 is 1. The SMILES string of the molecule is COc1cc2c(cc1OCCCBr)N=C[C@@H]1Cc3ccccc3CN1C2=O. The van der Waals surface area contributed by atoms with Gasteiger partial charge in [0.15, 0.2) is 11.5 Å². The van der Waals surface area contributed by atoms with Crippen molar-refractivity contribution in [2.45, 2.75) is 25.4 Å². The Labute approximate surface area is 167 Å². The quantitative estimate of drug-likeness (QED) is 0.530. The van der Waals surface area contributed by atoms with Gasteiger partial charge in [0, 0.05) is 24.2 Å². The second kappa shape index (κ2) is 7.72. The summed E-state index contributed by atoms with van der Waals surface area (Å²) in [6, 6.07) is 11.8. The van der Waals surface area contributed by atoms with Gasteiger partial charge in [-0.25, -0.2) is 0 Å². The van der Waals surface area contributed by atoms with Gasteiger partial charge in [-0.1, -0.05) is 40.2 Å². The lowest BCUT2D eigenvalue weighted by atomic mass is 9.94. The van der Waals surface area contributed by atoms with Crippen LogP contribution in [-0.2, 0) is 13.0 Å². The van der Waals surface area contributed by atoms with E-state index in [1.54, 1.807) is 13.2 Å². The minimum Gasteiger partial charge on any atom is -0.493 e. The fraction of sp³-hybridized carbons (Fsp3) is 0.333. The summed E-state index contributed by atoms with van der Waals surface area (Å²) in [7, 11) is 1.59. The first-order valence-electron chi connectivity index (χ1n) is 9.04. The normalized spacial score (nSPS) is 17.6. The van der Waals surface area contributed by atoms with Crippen LogP contribution in [0.25, 0.3) is 0 Å². The maximum absolute atomic E-state index is 13.3. The van der Waals surface area contributed by atoms with Crippen molar-refractivity contribution >= 4 is 33.7 Å². The largest absolute Gasteiger partial charge is 0.493 e. The van der Waals surface area contributed by atoms with Gasteiger partial charge in [-0.2, -0.15) is 0 Å². The highest BCUT2D eigenvalue weighted by Crippen LogP contribution is 2.38. The third kappa shape index (κ3) is 3.46. The van der Waals surface area contributed by atoms with E-state index in [-0.39, 0.29) is 11.9 Å². The molecule has 2 aromatic rings. The zero-order chi connectivity index (χ0) is 18.8. The molecule has 0 saturated heterocycles. The molecule has 2 aliphatic rings. The molecule has 0 aromatic heterocycles. The van der Waals surface area contributed by atoms with E-state index in [0.29, 0.717) is 35.9 Å². The molecule has 0 unspecified atom stereocenters. The molecule has 0 spiro atoms. The molecule has 2 aromatic carbocycles. The van der Waals surface area contributed by atoms with E-state index in [0.717, 1.165) is 18.2 Å². The molecule has 2 aliphatic heterocycles. The van der Waals surface area contributed by atoms with Crippen LogP contribution in [0.3, 0.4) is 0 Å². The second-order valence-corrected chi connectivity index (χ2v) is 7.46. The van der Waals surface area contributed by atoms with Gasteiger partial charge in [-0.3, -0.25) is 9.79 Å². The zero-order valence-corrected chi connectivity index (χ0v) is 16.7. The van der Waals surface area contributed by atoms with Gasteiger partial charge >= 0.3 is 0 Å². The van der Waals surface area contributed by atoms with E-state index in [1.807, 2.05) is 29.3 Å². The lowest BCUT2D eigenvalue weighted by Gasteiger charge is -2.34. The second-order valence-electron chi connectivity index (χ2n) is 6.66. The summed E-state index contributed by atoms with van der Waals surface area (Å²) >= 11 is 3.40. The number of carbonyl (C=O) groups excluding carboxylic acids is 1. The van der Waals surface area contributed by atoms with Gasteiger partial charge in [0.25, 0.3) is 5.91 Å². The van der Waals surface area contributed by atoms with E-state index in [9.17, 15) is 4.79 Å². The van der Waals surface area contributed by atoms with Gasteiger partial charge in [0.1, 0.15) is 0 Å². The number of amides is 1. The average molecular weight is 429 g/mol. The number of carbonyl (C=O) groups is 1. The van der Waals surface area contributed by atoms with Crippen LogP contribution in [0.2, 0.25) is 0 Å². The van der Waals surface area contributed by atoms with Crippen molar-refractivity contribution in [2.24, 2.45) is 4.99 Å². The van der Waals surface area contributed by atoms with Crippen molar-refractivity contribution < 1.29 is 14.3 Å². The zero-order valence-electron chi connectivity index (χ0n) is 15.2. The Morgan fingerprint density at radius 1 is 1.22 bits per heavy atom. The summed E-state index contributed by atoms with van der Waals surface area (Å²) in [6.07, 6.45) is 3.55. The van der Waals surface area contributed by atoms with E-state index in [2.05, 4.69) is 33.1 Å². The van der Waals surface area contributed by atoms with Crippen molar-refractivity contribution in [1.82, 2.24) is 4.90 Å². The van der Waals surface area contributed by atoms with Gasteiger partial charge in [0.2, 0.25) is 0 Å². The molecule has 27 heavy (non-hydrogen) atoms. The molecule has 0 fully saturated rings. The summed E-state index contributed by atoms with van der Waals surface area (Å²) < 4.78 is 11.3. The Balaban J connectivity index is 1.69. The summed E-state index contributed by atoms with van der Waals surface area (Å²) in [6.45, 7) is 1.17. The van der Waals surface area contributed by atoms with Crippen molar-refractivity contribution in [1.29, 1.82) is 0 Å². The Kier molecular flexibility index (Phi) is 5.16. The first kappa shape index (κ1) is 18.0. The maximum atomic E-state index is 13.3. The van der Waals surface area contributed by atoms with E-state index in [4.69, 9.17) is 9.47 Å². The molecule has 140 valence electrons.